The van der Waals surface area contributed by atoms with Crippen molar-refractivity contribution in [2.45, 2.75) is 13.8 Å². The van der Waals surface area contributed by atoms with Gasteiger partial charge in [0.05, 0.1) is 16.4 Å². The summed E-state index contributed by atoms with van der Waals surface area (Å²) in [7, 11) is 0. The molecular formula is C18H13Cl3N2O. The Morgan fingerprint density at radius 3 is 2.29 bits per heavy atom. The maximum Gasteiger partial charge on any atom is 0.273 e. The molecule has 0 spiro atoms. The second-order valence-corrected chi connectivity index (χ2v) is 6.66. The van der Waals surface area contributed by atoms with Crippen molar-refractivity contribution in [1.82, 2.24) is 9.78 Å². The first-order valence-electron chi connectivity index (χ1n) is 7.20. The normalized spacial score (nSPS) is 10.9. The number of benzene rings is 2. The number of aromatic nitrogens is 2. The second-order valence-electron chi connectivity index (χ2n) is 5.47. The molecule has 6 heteroatoms. The van der Waals surface area contributed by atoms with Crippen LogP contribution < -0.4 is 0 Å². The van der Waals surface area contributed by atoms with E-state index in [1.165, 1.54) is 0 Å². The average Bonchev–Trinajstić information content (AvgIpc) is 2.86. The Bertz CT molecular complexity index is 930. The van der Waals surface area contributed by atoms with E-state index in [9.17, 15) is 4.79 Å². The van der Waals surface area contributed by atoms with E-state index in [-0.39, 0.29) is 5.69 Å². The molecule has 0 N–H and O–H groups in total. The van der Waals surface area contributed by atoms with Crippen LogP contribution in [0.4, 0.5) is 0 Å². The summed E-state index contributed by atoms with van der Waals surface area (Å²) in [6, 6.07) is 13.1. The van der Waals surface area contributed by atoms with Crippen LogP contribution in [0.5, 0.6) is 0 Å². The number of carbonyl (C=O) groups is 1. The highest BCUT2D eigenvalue weighted by Crippen LogP contribution is 2.33. The number of halogens is 3. The molecule has 0 aliphatic rings. The van der Waals surface area contributed by atoms with Crippen molar-refractivity contribution in [2.75, 3.05) is 0 Å². The first-order chi connectivity index (χ1) is 11.4. The number of hydrogen-bond acceptors (Lipinski definition) is 2. The highest BCUT2D eigenvalue weighted by molar-refractivity contribution is 6.67. The van der Waals surface area contributed by atoms with Crippen molar-refractivity contribution in [2.24, 2.45) is 0 Å². The molecule has 0 aliphatic carbocycles. The maximum absolute atomic E-state index is 11.7. The third kappa shape index (κ3) is 3.07. The number of hydrogen-bond donors (Lipinski definition) is 0. The number of carbonyl (C=O) groups excluding carboxylic acids is 1. The maximum atomic E-state index is 11.7. The van der Waals surface area contributed by atoms with Crippen molar-refractivity contribution >= 4 is 40.0 Å². The molecule has 1 aromatic heterocycles. The van der Waals surface area contributed by atoms with Gasteiger partial charge in [-0.2, -0.15) is 5.10 Å². The summed E-state index contributed by atoms with van der Waals surface area (Å²) >= 11 is 18.0. The molecule has 0 atom stereocenters. The average molecular weight is 380 g/mol. The van der Waals surface area contributed by atoms with Crippen LogP contribution >= 0.6 is 34.8 Å². The fourth-order valence-corrected chi connectivity index (χ4v) is 3.23. The van der Waals surface area contributed by atoms with Crippen LogP contribution in [0.25, 0.3) is 16.9 Å². The van der Waals surface area contributed by atoms with Crippen LogP contribution in [0.1, 0.15) is 21.6 Å². The van der Waals surface area contributed by atoms with Crippen LogP contribution in [0, 0.1) is 13.8 Å². The Hall–Kier alpha value is -1.81. The zero-order chi connectivity index (χ0) is 17.4. The van der Waals surface area contributed by atoms with Gasteiger partial charge in [-0.1, -0.05) is 53.0 Å². The third-order valence-corrected chi connectivity index (χ3v) is 4.49. The van der Waals surface area contributed by atoms with E-state index in [0.717, 1.165) is 16.8 Å². The first-order valence-corrected chi connectivity index (χ1v) is 8.34. The smallest absolute Gasteiger partial charge is 0.273 e. The van der Waals surface area contributed by atoms with Gasteiger partial charge in [0, 0.05) is 16.1 Å². The van der Waals surface area contributed by atoms with Crippen LogP contribution in [0.15, 0.2) is 42.5 Å². The van der Waals surface area contributed by atoms with E-state index >= 15 is 0 Å². The van der Waals surface area contributed by atoms with Gasteiger partial charge >= 0.3 is 0 Å². The molecule has 0 saturated carbocycles. The van der Waals surface area contributed by atoms with Crippen LogP contribution in [0.3, 0.4) is 0 Å². The van der Waals surface area contributed by atoms with Gasteiger partial charge in [0.1, 0.15) is 5.69 Å². The zero-order valence-corrected chi connectivity index (χ0v) is 15.2. The van der Waals surface area contributed by atoms with E-state index in [4.69, 9.17) is 34.8 Å². The Kier molecular flexibility index (Phi) is 4.68. The molecular weight excluding hydrogens is 367 g/mol. The molecule has 2 aromatic carbocycles. The quantitative estimate of drug-likeness (QED) is 0.536. The molecule has 0 bridgehead atoms. The van der Waals surface area contributed by atoms with Gasteiger partial charge in [-0.3, -0.25) is 4.79 Å². The number of aryl methyl sites for hydroxylation is 1. The first kappa shape index (κ1) is 17.0. The Labute approximate surface area is 154 Å². The molecule has 0 radical (unpaired) electrons. The molecule has 0 fully saturated rings. The summed E-state index contributed by atoms with van der Waals surface area (Å²) in [5.41, 5.74) is 4.36. The van der Waals surface area contributed by atoms with Gasteiger partial charge in [0.25, 0.3) is 5.24 Å². The van der Waals surface area contributed by atoms with E-state index < -0.39 is 5.24 Å². The molecule has 1 heterocycles. The minimum Gasteiger partial charge on any atom is -0.274 e. The molecule has 0 aliphatic heterocycles. The molecule has 0 amide bonds. The molecule has 0 saturated heterocycles. The van der Waals surface area contributed by atoms with Crippen molar-refractivity contribution in [3.05, 3.63) is 69.3 Å². The van der Waals surface area contributed by atoms with Crippen LogP contribution in [0.2, 0.25) is 10.0 Å². The van der Waals surface area contributed by atoms with E-state index in [1.807, 2.05) is 38.1 Å². The van der Waals surface area contributed by atoms with Crippen molar-refractivity contribution < 1.29 is 4.79 Å². The van der Waals surface area contributed by atoms with Gasteiger partial charge in [0.15, 0.2) is 0 Å². The third-order valence-electron chi connectivity index (χ3n) is 3.77. The predicted molar refractivity (Wildman–Crippen MR) is 98.7 cm³/mol. The summed E-state index contributed by atoms with van der Waals surface area (Å²) in [6.07, 6.45) is 0. The highest BCUT2D eigenvalue weighted by atomic mass is 35.5. The van der Waals surface area contributed by atoms with Crippen LogP contribution in [-0.2, 0) is 0 Å². The molecule has 3 nitrogen and oxygen atoms in total. The summed E-state index contributed by atoms with van der Waals surface area (Å²) < 4.78 is 1.63. The lowest BCUT2D eigenvalue weighted by Gasteiger charge is -2.11. The fraction of sp³-hybridized carbons (Fsp3) is 0.111. The Morgan fingerprint density at radius 2 is 1.71 bits per heavy atom. The van der Waals surface area contributed by atoms with Gasteiger partial charge in [-0.25, -0.2) is 4.68 Å². The monoisotopic (exact) mass is 378 g/mol. The number of rotatable bonds is 3. The summed E-state index contributed by atoms with van der Waals surface area (Å²) in [5, 5.41) is 4.73. The molecule has 122 valence electrons. The standard InChI is InChI=1S/C18H13Cl3N2O/c1-10-3-5-12(6-4-10)17-11(2)16(18(21)24)22-23(17)15-8-7-13(19)9-14(15)20/h3-9H,1-2H3. The van der Waals surface area contributed by atoms with Gasteiger partial charge in [-0.05, 0) is 43.6 Å². The number of nitrogens with zero attached hydrogens (tertiary/aromatic N) is 2. The lowest BCUT2D eigenvalue weighted by atomic mass is 10.1. The van der Waals surface area contributed by atoms with Crippen LogP contribution in [-0.4, -0.2) is 15.0 Å². The zero-order valence-electron chi connectivity index (χ0n) is 13.0. The lowest BCUT2D eigenvalue weighted by molar-refractivity contribution is 0.107. The van der Waals surface area contributed by atoms with E-state index in [1.54, 1.807) is 22.9 Å². The van der Waals surface area contributed by atoms with E-state index in [0.29, 0.717) is 21.3 Å². The topological polar surface area (TPSA) is 34.9 Å². The van der Waals surface area contributed by atoms with Crippen molar-refractivity contribution in [3.8, 4) is 16.9 Å². The Balaban J connectivity index is 2.30. The summed E-state index contributed by atoms with van der Waals surface area (Å²) in [4.78, 5) is 11.7. The van der Waals surface area contributed by atoms with Crippen molar-refractivity contribution in [3.63, 3.8) is 0 Å². The fourth-order valence-electron chi connectivity index (χ4n) is 2.56. The largest absolute Gasteiger partial charge is 0.274 e. The summed E-state index contributed by atoms with van der Waals surface area (Å²) in [5.74, 6) is 0. The van der Waals surface area contributed by atoms with Crippen molar-refractivity contribution in [1.29, 1.82) is 0 Å². The predicted octanol–water partition coefficient (Wildman–Crippen LogP) is 5.84. The lowest BCUT2D eigenvalue weighted by Crippen LogP contribution is -2.01. The molecule has 0 unspecified atom stereocenters. The molecule has 24 heavy (non-hydrogen) atoms. The highest BCUT2D eigenvalue weighted by Gasteiger charge is 2.22. The SMILES string of the molecule is Cc1ccc(-c2c(C)c(C(=O)Cl)nn2-c2ccc(Cl)cc2Cl)cc1. The molecule has 3 rings (SSSR count). The minimum absolute atomic E-state index is 0.207. The van der Waals surface area contributed by atoms with E-state index in [2.05, 4.69) is 5.10 Å². The van der Waals surface area contributed by atoms with Gasteiger partial charge in [-0.15, -0.1) is 0 Å². The van der Waals surface area contributed by atoms with Gasteiger partial charge < -0.3 is 0 Å². The second kappa shape index (κ2) is 6.60. The summed E-state index contributed by atoms with van der Waals surface area (Å²) in [6.45, 7) is 3.83. The van der Waals surface area contributed by atoms with Gasteiger partial charge in [0.2, 0.25) is 0 Å². The Morgan fingerprint density at radius 1 is 1.04 bits per heavy atom. The molecule has 3 aromatic rings. The minimum atomic E-state index is -0.607.